The number of ketones is 1. The first-order chi connectivity index (χ1) is 8.84. The van der Waals surface area contributed by atoms with E-state index < -0.39 is 0 Å². The third-order valence-corrected chi connectivity index (χ3v) is 3.44. The first kappa shape index (κ1) is 11.2. The fourth-order valence-corrected chi connectivity index (χ4v) is 2.50. The van der Waals surface area contributed by atoms with Crippen molar-refractivity contribution in [1.29, 1.82) is 0 Å². The van der Waals surface area contributed by atoms with Gasteiger partial charge in [-0.1, -0.05) is 24.3 Å². The SMILES string of the molecule is O=C(Cc1ccoc1)C1CNCc2ccccc21. The lowest BCUT2D eigenvalue weighted by molar-refractivity contribution is -0.119. The van der Waals surface area contributed by atoms with Gasteiger partial charge in [-0.3, -0.25) is 4.79 Å². The molecule has 3 heteroatoms. The number of Topliss-reactive ketones (excluding diaryl/α,β-unsaturated/α-hetero) is 1. The van der Waals surface area contributed by atoms with E-state index in [4.69, 9.17) is 4.42 Å². The van der Waals surface area contributed by atoms with Crippen LogP contribution in [0.3, 0.4) is 0 Å². The molecule has 1 N–H and O–H groups in total. The Labute approximate surface area is 106 Å². The average Bonchev–Trinajstić information content (AvgIpc) is 2.91. The standard InChI is InChI=1S/C15H15NO2/c17-15(7-11-5-6-18-10-11)14-9-16-8-12-3-1-2-4-13(12)14/h1-6,10,14,16H,7-9H2. The Morgan fingerprint density at radius 2 is 2.22 bits per heavy atom. The molecule has 2 heterocycles. The van der Waals surface area contributed by atoms with E-state index in [1.165, 1.54) is 11.1 Å². The van der Waals surface area contributed by atoms with Gasteiger partial charge in [0.25, 0.3) is 0 Å². The highest BCUT2D eigenvalue weighted by Crippen LogP contribution is 2.25. The molecule has 1 aromatic carbocycles. The second kappa shape index (κ2) is 4.78. The highest BCUT2D eigenvalue weighted by atomic mass is 16.3. The van der Waals surface area contributed by atoms with Crippen LogP contribution in [0.4, 0.5) is 0 Å². The molecule has 0 aliphatic carbocycles. The summed E-state index contributed by atoms with van der Waals surface area (Å²) in [6, 6.07) is 10.0. The minimum atomic E-state index is -0.0372. The maximum absolute atomic E-state index is 12.3. The molecule has 1 atom stereocenters. The summed E-state index contributed by atoms with van der Waals surface area (Å²) in [6.45, 7) is 1.58. The largest absolute Gasteiger partial charge is 0.472 e. The van der Waals surface area contributed by atoms with Crippen molar-refractivity contribution in [3.8, 4) is 0 Å². The van der Waals surface area contributed by atoms with Crippen molar-refractivity contribution in [3.63, 3.8) is 0 Å². The lowest BCUT2D eigenvalue weighted by atomic mass is 9.86. The summed E-state index contributed by atoms with van der Waals surface area (Å²) in [5.74, 6) is 0.209. The van der Waals surface area contributed by atoms with Crippen molar-refractivity contribution < 1.29 is 9.21 Å². The Bertz CT molecular complexity index is 545. The van der Waals surface area contributed by atoms with Crippen LogP contribution < -0.4 is 5.32 Å². The third kappa shape index (κ3) is 2.09. The lowest BCUT2D eigenvalue weighted by Crippen LogP contribution is -2.33. The highest BCUT2D eigenvalue weighted by molar-refractivity contribution is 5.88. The van der Waals surface area contributed by atoms with Crippen LogP contribution in [0.2, 0.25) is 0 Å². The number of hydrogen-bond donors (Lipinski definition) is 1. The molecule has 1 aliphatic heterocycles. The van der Waals surface area contributed by atoms with Crippen LogP contribution >= 0.6 is 0 Å². The van der Waals surface area contributed by atoms with Crippen LogP contribution in [0.5, 0.6) is 0 Å². The highest BCUT2D eigenvalue weighted by Gasteiger charge is 2.25. The van der Waals surface area contributed by atoms with Gasteiger partial charge in [0.2, 0.25) is 0 Å². The van der Waals surface area contributed by atoms with Gasteiger partial charge in [-0.2, -0.15) is 0 Å². The van der Waals surface area contributed by atoms with Gasteiger partial charge in [-0.25, -0.2) is 0 Å². The van der Waals surface area contributed by atoms with Crippen LogP contribution in [0, 0.1) is 0 Å². The van der Waals surface area contributed by atoms with Crippen LogP contribution in [0.25, 0.3) is 0 Å². The van der Waals surface area contributed by atoms with Gasteiger partial charge >= 0.3 is 0 Å². The number of carbonyl (C=O) groups is 1. The van der Waals surface area contributed by atoms with E-state index in [0.717, 1.165) is 18.7 Å². The summed E-state index contributed by atoms with van der Waals surface area (Å²) in [5, 5.41) is 3.31. The second-order valence-electron chi connectivity index (χ2n) is 4.66. The molecule has 3 rings (SSSR count). The number of furan rings is 1. The minimum Gasteiger partial charge on any atom is -0.472 e. The fraction of sp³-hybridized carbons (Fsp3) is 0.267. The summed E-state index contributed by atoms with van der Waals surface area (Å²) in [7, 11) is 0. The molecule has 1 aromatic heterocycles. The van der Waals surface area contributed by atoms with Crippen molar-refractivity contribution in [3.05, 3.63) is 59.5 Å². The quantitative estimate of drug-likeness (QED) is 0.896. The normalized spacial score (nSPS) is 18.3. The Balaban J connectivity index is 1.83. The zero-order valence-corrected chi connectivity index (χ0v) is 10.1. The zero-order chi connectivity index (χ0) is 12.4. The zero-order valence-electron chi connectivity index (χ0n) is 10.1. The van der Waals surface area contributed by atoms with Crippen LogP contribution in [-0.2, 0) is 17.8 Å². The molecule has 0 spiro atoms. The van der Waals surface area contributed by atoms with Gasteiger partial charge in [0.05, 0.1) is 18.4 Å². The van der Waals surface area contributed by atoms with Crippen molar-refractivity contribution in [2.24, 2.45) is 0 Å². The molecular weight excluding hydrogens is 226 g/mol. The molecule has 0 saturated heterocycles. The van der Waals surface area contributed by atoms with Crippen LogP contribution in [0.15, 0.2) is 47.3 Å². The lowest BCUT2D eigenvalue weighted by Gasteiger charge is -2.25. The molecule has 0 fully saturated rings. The summed E-state index contributed by atoms with van der Waals surface area (Å²) in [6.07, 6.45) is 3.69. The average molecular weight is 241 g/mol. The molecule has 0 radical (unpaired) electrons. The first-order valence-corrected chi connectivity index (χ1v) is 6.17. The number of fused-ring (bicyclic) bond motifs is 1. The maximum Gasteiger partial charge on any atom is 0.146 e. The number of nitrogens with one attached hydrogen (secondary N) is 1. The minimum absolute atomic E-state index is 0.0372. The van der Waals surface area contributed by atoms with Crippen molar-refractivity contribution in [2.75, 3.05) is 6.54 Å². The molecule has 0 amide bonds. The summed E-state index contributed by atoms with van der Waals surface area (Å²) >= 11 is 0. The van der Waals surface area contributed by atoms with E-state index in [1.807, 2.05) is 18.2 Å². The van der Waals surface area contributed by atoms with E-state index >= 15 is 0 Å². The second-order valence-corrected chi connectivity index (χ2v) is 4.66. The number of rotatable bonds is 3. The molecule has 1 unspecified atom stereocenters. The van der Waals surface area contributed by atoms with Gasteiger partial charge in [0, 0.05) is 19.5 Å². The van der Waals surface area contributed by atoms with Gasteiger partial charge in [-0.05, 0) is 22.8 Å². The number of benzene rings is 1. The van der Waals surface area contributed by atoms with E-state index in [2.05, 4.69) is 17.4 Å². The maximum atomic E-state index is 12.3. The third-order valence-electron chi connectivity index (χ3n) is 3.44. The monoisotopic (exact) mass is 241 g/mol. The molecule has 92 valence electrons. The molecule has 1 aliphatic rings. The van der Waals surface area contributed by atoms with Gasteiger partial charge in [-0.15, -0.1) is 0 Å². The van der Waals surface area contributed by atoms with E-state index in [9.17, 15) is 4.79 Å². The topological polar surface area (TPSA) is 42.2 Å². The van der Waals surface area contributed by atoms with E-state index in [0.29, 0.717) is 6.42 Å². The smallest absolute Gasteiger partial charge is 0.146 e. The van der Waals surface area contributed by atoms with Crippen LogP contribution in [-0.4, -0.2) is 12.3 Å². The fourth-order valence-electron chi connectivity index (χ4n) is 2.50. The van der Waals surface area contributed by atoms with Gasteiger partial charge in [0.15, 0.2) is 0 Å². The van der Waals surface area contributed by atoms with Crippen molar-refractivity contribution in [2.45, 2.75) is 18.9 Å². The summed E-state index contributed by atoms with van der Waals surface area (Å²) in [4.78, 5) is 12.3. The van der Waals surface area contributed by atoms with Crippen molar-refractivity contribution in [1.82, 2.24) is 5.32 Å². The molecule has 2 aromatic rings. The first-order valence-electron chi connectivity index (χ1n) is 6.17. The number of carbonyl (C=O) groups excluding carboxylic acids is 1. The Morgan fingerprint density at radius 3 is 3.06 bits per heavy atom. The Hall–Kier alpha value is -1.87. The van der Waals surface area contributed by atoms with Crippen LogP contribution in [0.1, 0.15) is 22.6 Å². The van der Waals surface area contributed by atoms with Gasteiger partial charge < -0.3 is 9.73 Å². The summed E-state index contributed by atoms with van der Waals surface area (Å²) < 4.78 is 5.00. The van der Waals surface area contributed by atoms with Gasteiger partial charge in [0.1, 0.15) is 5.78 Å². The molecule has 0 bridgehead atoms. The van der Waals surface area contributed by atoms with E-state index in [1.54, 1.807) is 12.5 Å². The number of hydrogen-bond acceptors (Lipinski definition) is 3. The Kier molecular flexibility index (Phi) is 2.99. The summed E-state index contributed by atoms with van der Waals surface area (Å²) in [5.41, 5.74) is 3.35. The Morgan fingerprint density at radius 1 is 1.33 bits per heavy atom. The van der Waals surface area contributed by atoms with Crippen molar-refractivity contribution >= 4 is 5.78 Å². The predicted molar refractivity (Wildman–Crippen MR) is 68.3 cm³/mol. The molecular formula is C15H15NO2. The van der Waals surface area contributed by atoms with E-state index in [-0.39, 0.29) is 11.7 Å². The molecule has 0 saturated carbocycles. The molecule has 18 heavy (non-hydrogen) atoms. The molecule has 3 nitrogen and oxygen atoms in total. The predicted octanol–water partition coefficient (Wildman–Crippen LogP) is 2.28.